The summed E-state index contributed by atoms with van der Waals surface area (Å²) in [6.07, 6.45) is -0.968. The lowest BCUT2D eigenvalue weighted by molar-refractivity contribution is -0.137. The van der Waals surface area contributed by atoms with Crippen molar-refractivity contribution in [2.75, 3.05) is 0 Å². The number of halogens is 3. The highest BCUT2D eigenvalue weighted by molar-refractivity contribution is 5.95. The molecule has 0 unspecified atom stereocenters. The van der Waals surface area contributed by atoms with Crippen LogP contribution in [0.1, 0.15) is 41.0 Å². The molecule has 29 heavy (non-hydrogen) atoms. The SMILES string of the molecule is O=C(Oc1cccc(C(F)(F)F)c1)c1ccc2c(=O)n3c(nc2c1)CCCCC3. The fourth-order valence-electron chi connectivity index (χ4n) is 3.45. The number of carbonyl (C=O) groups excluding carboxylic acids is 1. The van der Waals surface area contributed by atoms with Crippen LogP contribution in [0.2, 0.25) is 0 Å². The molecule has 150 valence electrons. The van der Waals surface area contributed by atoms with E-state index in [9.17, 15) is 22.8 Å². The van der Waals surface area contributed by atoms with Crippen molar-refractivity contribution < 1.29 is 22.7 Å². The summed E-state index contributed by atoms with van der Waals surface area (Å²) >= 11 is 0. The molecule has 0 saturated carbocycles. The number of alkyl halides is 3. The summed E-state index contributed by atoms with van der Waals surface area (Å²) in [4.78, 5) is 29.7. The van der Waals surface area contributed by atoms with Crippen LogP contribution in [0.15, 0.2) is 47.3 Å². The molecule has 0 atom stereocenters. The second kappa shape index (κ2) is 7.35. The Kier molecular flexibility index (Phi) is 4.86. The first-order chi connectivity index (χ1) is 13.8. The van der Waals surface area contributed by atoms with Gasteiger partial charge in [0, 0.05) is 13.0 Å². The standard InChI is InChI=1S/C21H17F3N2O3/c22-21(23,24)14-5-4-6-15(12-14)29-20(28)13-8-9-16-17(11-13)25-18-7-2-1-3-10-26(18)19(16)27/h4-6,8-9,11-12H,1-3,7,10H2. The lowest BCUT2D eigenvalue weighted by Crippen LogP contribution is -2.24. The largest absolute Gasteiger partial charge is 0.423 e. The van der Waals surface area contributed by atoms with E-state index in [1.54, 1.807) is 4.57 Å². The number of aryl methyl sites for hydroxylation is 1. The second-order valence-electron chi connectivity index (χ2n) is 6.94. The van der Waals surface area contributed by atoms with Crippen molar-refractivity contribution in [1.82, 2.24) is 9.55 Å². The molecule has 1 aliphatic heterocycles. The number of esters is 1. The predicted molar refractivity (Wildman–Crippen MR) is 100.0 cm³/mol. The van der Waals surface area contributed by atoms with E-state index in [1.807, 2.05) is 0 Å². The van der Waals surface area contributed by atoms with Crippen LogP contribution in [-0.4, -0.2) is 15.5 Å². The van der Waals surface area contributed by atoms with Crippen LogP contribution >= 0.6 is 0 Å². The molecule has 1 aliphatic rings. The van der Waals surface area contributed by atoms with Crippen molar-refractivity contribution in [3.05, 3.63) is 69.8 Å². The molecular weight excluding hydrogens is 385 g/mol. The number of aromatic nitrogens is 2. The topological polar surface area (TPSA) is 61.2 Å². The quantitative estimate of drug-likeness (QED) is 0.472. The van der Waals surface area contributed by atoms with Crippen molar-refractivity contribution in [1.29, 1.82) is 0 Å². The Hall–Kier alpha value is -3.16. The van der Waals surface area contributed by atoms with Gasteiger partial charge in [0.25, 0.3) is 5.56 Å². The van der Waals surface area contributed by atoms with Crippen LogP contribution < -0.4 is 10.3 Å². The van der Waals surface area contributed by atoms with Gasteiger partial charge in [0.2, 0.25) is 0 Å². The van der Waals surface area contributed by atoms with E-state index in [2.05, 4.69) is 4.98 Å². The van der Waals surface area contributed by atoms with Crippen LogP contribution in [0.3, 0.4) is 0 Å². The van der Waals surface area contributed by atoms with Gasteiger partial charge in [-0.15, -0.1) is 0 Å². The van der Waals surface area contributed by atoms with Crippen molar-refractivity contribution >= 4 is 16.9 Å². The number of fused-ring (bicyclic) bond motifs is 2. The Bertz CT molecular complexity index is 1150. The monoisotopic (exact) mass is 402 g/mol. The van der Waals surface area contributed by atoms with E-state index in [4.69, 9.17) is 4.74 Å². The maximum absolute atomic E-state index is 12.8. The van der Waals surface area contributed by atoms with Crippen LogP contribution in [0.25, 0.3) is 10.9 Å². The summed E-state index contributed by atoms with van der Waals surface area (Å²) < 4.78 is 45.3. The molecule has 2 heterocycles. The summed E-state index contributed by atoms with van der Waals surface area (Å²) in [5.74, 6) is -0.341. The Balaban J connectivity index is 1.66. The molecule has 0 N–H and O–H groups in total. The molecule has 2 aromatic carbocycles. The summed E-state index contributed by atoms with van der Waals surface area (Å²) in [5.41, 5.74) is -0.564. The third-order valence-corrected chi connectivity index (χ3v) is 4.92. The van der Waals surface area contributed by atoms with Gasteiger partial charge in [-0.3, -0.25) is 9.36 Å². The van der Waals surface area contributed by atoms with Gasteiger partial charge in [-0.1, -0.05) is 12.5 Å². The summed E-state index contributed by atoms with van der Waals surface area (Å²) in [6.45, 7) is 0.621. The molecule has 4 rings (SSSR count). The highest BCUT2D eigenvalue weighted by Crippen LogP contribution is 2.31. The Labute approximate surface area is 163 Å². The van der Waals surface area contributed by atoms with Gasteiger partial charge >= 0.3 is 12.1 Å². The Morgan fingerprint density at radius 3 is 2.69 bits per heavy atom. The van der Waals surface area contributed by atoms with Crippen molar-refractivity contribution in [2.24, 2.45) is 0 Å². The molecule has 0 saturated heterocycles. The zero-order valence-corrected chi connectivity index (χ0v) is 15.3. The molecule has 0 spiro atoms. The van der Waals surface area contributed by atoms with Crippen molar-refractivity contribution in [3.8, 4) is 5.75 Å². The number of benzene rings is 2. The van der Waals surface area contributed by atoms with E-state index in [1.165, 1.54) is 30.3 Å². The third-order valence-electron chi connectivity index (χ3n) is 4.92. The molecule has 0 fully saturated rings. The van der Waals surface area contributed by atoms with Crippen LogP contribution in [0, 0.1) is 0 Å². The Morgan fingerprint density at radius 1 is 1.07 bits per heavy atom. The maximum atomic E-state index is 12.8. The molecule has 0 amide bonds. The highest BCUT2D eigenvalue weighted by Gasteiger charge is 2.30. The zero-order valence-electron chi connectivity index (χ0n) is 15.3. The maximum Gasteiger partial charge on any atom is 0.416 e. The number of hydrogen-bond acceptors (Lipinski definition) is 4. The van der Waals surface area contributed by atoms with E-state index >= 15 is 0 Å². The highest BCUT2D eigenvalue weighted by atomic mass is 19.4. The van der Waals surface area contributed by atoms with E-state index in [-0.39, 0.29) is 16.9 Å². The minimum absolute atomic E-state index is 0.111. The molecular formula is C21H17F3N2O3. The average molecular weight is 402 g/mol. The van der Waals surface area contributed by atoms with Gasteiger partial charge in [0.1, 0.15) is 11.6 Å². The van der Waals surface area contributed by atoms with Crippen molar-refractivity contribution in [3.63, 3.8) is 0 Å². The first-order valence-corrected chi connectivity index (χ1v) is 9.26. The molecule has 1 aromatic heterocycles. The average Bonchev–Trinajstić information content (AvgIpc) is 2.93. The smallest absolute Gasteiger partial charge is 0.416 e. The Morgan fingerprint density at radius 2 is 1.90 bits per heavy atom. The summed E-state index contributed by atoms with van der Waals surface area (Å²) in [6, 6.07) is 8.48. The molecule has 5 nitrogen and oxygen atoms in total. The predicted octanol–water partition coefficient (Wildman–Crippen LogP) is 4.36. The van der Waals surface area contributed by atoms with E-state index < -0.39 is 17.7 Å². The minimum atomic E-state index is -4.53. The number of hydrogen-bond donors (Lipinski definition) is 0. The van der Waals surface area contributed by atoms with Crippen LogP contribution in [-0.2, 0) is 19.1 Å². The van der Waals surface area contributed by atoms with Gasteiger partial charge in [-0.2, -0.15) is 13.2 Å². The number of nitrogens with zero attached hydrogens (tertiary/aromatic N) is 2. The number of rotatable bonds is 2. The lowest BCUT2D eigenvalue weighted by Gasteiger charge is -2.11. The van der Waals surface area contributed by atoms with Crippen LogP contribution in [0.4, 0.5) is 13.2 Å². The van der Waals surface area contributed by atoms with Gasteiger partial charge in [-0.05, 0) is 49.2 Å². The van der Waals surface area contributed by atoms with Crippen LogP contribution in [0.5, 0.6) is 5.75 Å². The fraction of sp³-hybridized carbons (Fsp3) is 0.286. The van der Waals surface area contributed by atoms with Gasteiger partial charge < -0.3 is 4.74 Å². The van der Waals surface area contributed by atoms with E-state index in [0.29, 0.717) is 29.7 Å². The van der Waals surface area contributed by atoms with Gasteiger partial charge in [0.05, 0.1) is 22.0 Å². The normalized spacial score (nSPS) is 14.3. The second-order valence-corrected chi connectivity index (χ2v) is 6.94. The number of carbonyl (C=O) groups is 1. The molecule has 0 aliphatic carbocycles. The molecule has 0 bridgehead atoms. The first-order valence-electron chi connectivity index (χ1n) is 9.26. The summed E-state index contributed by atoms with van der Waals surface area (Å²) in [5, 5.41) is 0.395. The fourth-order valence-corrected chi connectivity index (χ4v) is 3.45. The minimum Gasteiger partial charge on any atom is -0.423 e. The van der Waals surface area contributed by atoms with Gasteiger partial charge in [-0.25, -0.2) is 9.78 Å². The third kappa shape index (κ3) is 3.87. The lowest BCUT2D eigenvalue weighted by atomic mass is 10.1. The molecule has 0 radical (unpaired) electrons. The number of ether oxygens (including phenoxy) is 1. The summed E-state index contributed by atoms with van der Waals surface area (Å²) in [7, 11) is 0. The van der Waals surface area contributed by atoms with Crippen molar-refractivity contribution in [2.45, 2.75) is 38.4 Å². The molecule has 3 aromatic rings. The first kappa shape index (κ1) is 19.2. The van der Waals surface area contributed by atoms with E-state index in [0.717, 1.165) is 31.4 Å². The zero-order chi connectivity index (χ0) is 20.6. The van der Waals surface area contributed by atoms with Gasteiger partial charge in [0.15, 0.2) is 0 Å². The molecule has 8 heteroatoms.